The number of imidazole rings is 1. The highest BCUT2D eigenvalue weighted by Gasteiger charge is 2.09. The van der Waals surface area contributed by atoms with Gasteiger partial charge >= 0.3 is 0 Å². The van der Waals surface area contributed by atoms with E-state index >= 15 is 0 Å². The van der Waals surface area contributed by atoms with E-state index in [1.807, 2.05) is 43.7 Å². The monoisotopic (exact) mass is 411 g/mol. The van der Waals surface area contributed by atoms with Crippen LogP contribution in [0.4, 0.5) is 4.39 Å². The summed E-state index contributed by atoms with van der Waals surface area (Å²) in [6.07, 6.45) is 3.76. The third kappa shape index (κ3) is 5.17. The quantitative estimate of drug-likeness (QED) is 0.543. The van der Waals surface area contributed by atoms with Crippen molar-refractivity contribution in [2.75, 3.05) is 19.8 Å². The van der Waals surface area contributed by atoms with Crippen LogP contribution in [0.25, 0.3) is 17.1 Å². The Morgan fingerprint density at radius 3 is 2.67 bits per heavy atom. The Labute approximate surface area is 175 Å². The zero-order valence-electron chi connectivity index (χ0n) is 17.4. The van der Waals surface area contributed by atoms with Gasteiger partial charge in [0.15, 0.2) is 11.5 Å². The molecule has 6 nitrogen and oxygen atoms in total. The van der Waals surface area contributed by atoms with E-state index in [9.17, 15) is 9.18 Å². The number of fused-ring (bicyclic) bond motifs is 1. The summed E-state index contributed by atoms with van der Waals surface area (Å²) in [5.74, 6) is 1.63. The first-order chi connectivity index (χ1) is 14.5. The van der Waals surface area contributed by atoms with Crippen LogP contribution >= 0.6 is 0 Å². The zero-order valence-corrected chi connectivity index (χ0v) is 17.4. The van der Waals surface area contributed by atoms with Gasteiger partial charge in [-0.05, 0) is 55.8 Å². The highest BCUT2D eigenvalue weighted by atomic mass is 19.1. The summed E-state index contributed by atoms with van der Waals surface area (Å²) in [4.78, 5) is 16.7. The van der Waals surface area contributed by atoms with Gasteiger partial charge in [0.05, 0.1) is 24.2 Å². The number of hydrogen-bond donors (Lipinski definition) is 1. The number of carbonyl (C=O) groups is 1. The molecule has 0 radical (unpaired) electrons. The molecule has 0 fully saturated rings. The van der Waals surface area contributed by atoms with E-state index in [2.05, 4.69) is 10.3 Å². The van der Waals surface area contributed by atoms with Crippen LogP contribution in [0.15, 0.2) is 42.5 Å². The van der Waals surface area contributed by atoms with Crippen molar-refractivity contribution in [1.82, 2.24) is 14.9 Å². The van der Waals surface area contributed by atoms with E-state index in [1.54, 1.807) is 12.1 Å². The maximum absolute atomic E-state index is 13.4. The Morgan fingerprint density at radius 1 is 1.13 bits per heavy atom. The highest BCUT2D eigenvalue weighted by Crippen LogP contribution is 2.29. The van der Waals surface area contributed by atoms with Gasteiger partial charge in [-0.25, -0.2) is 9.37 Å². The van der Waals surface area contributed by atoms with Crippen molar-refractivity contribution in [3.8, 4) is 11.5 Å². The Kier molecular flexibility index (Phi) is 7.06. The van der Waals surface area contributed by atoms with Gasteiger partial charge in [-0.15, -0.1) is 0 Å². The topological polar surface area (TPSA) is 65.4 Å². The van der Waals surface area contributed by atoms with Crippen molar-refractivity contribution in [3.05, 3.63) is 59.7 Å². The van der Waals surface area contributed by atoms with Crippen LogP contribution in [0.1, 0.15) is 25.2 Å². The molecule has 3 rings (SSSR count). The lowest BCUT2D eigenvalue weighted by Crippen LogP contribution is -2.24. The number of nitrogens with zero attached hydrogens (tertiary/aromatic N) is 2. The minimum Gasteiger partial charge on any atom is -0.490 e. The molecule has 1 aromatic heterocycles. The summed E-state index contributed by atoms with van der Waals surface area (Å²) >= 11 is 0. The van der Waals surface area contributed by atoms with Gasteiger partial charge in [-0.2, -0.15) is 0 Å². The number of aryl methyl sites for hydroxylation is 1. The second-order valence-electron chi connectivity index (χ2n) is 6.67. The Morgan fingerprint density at radius 2 is 1.90 bits per heavy atom. The third-order valence-electron chi connectivity index (χ3n) is 4.58. The smallest absolute Gasteiger partial charge is 0.244 e. The molecular formula is C23H26FN3O3. The number of amides is 1. The summed E-state index contributed by atoms with van der Waals surface area (Å²) in [6.45, 7) is 5.34. The highest BCUT2D eigenvalue weighted by molar-refractivity contribution is 5.91. The lowest BCUT2D eigenvalue weighted by Gasteiger charge is -2.11. The van der Waals surface area contributed by atoms with Crippen molar-refractivity contribution < 1.29 is 18.7 Å². The van der Waals surface area contributed by atoms with E-state index in [-0.39, 0.29) is 11.7 Å². The van der Waals surface area contributed by atoms with Gasteiger partial charge in [-0.3, -0.25) is 4.79 Å². The lowest BCUT2D eigenvalue weighted by atomic mass is 10.2. The summed E-state index contributed by atoms with van der Waals surface area (Å²) in [5, 5.41) is 2.85. The minimum absolute atomic E-state index is 0.202. The van der Waals surface area contributed by atoms with Crippen molar-refractivity contribution in [3.63, 3.8) is 0 Å². The van der Waals surface area contributed by atoms with E-state index < -0.39 is 0 Å². The fourth-order valence-corrected chi connectivity index (χ4v) is 3.14. The number of ether oxygens (including phenoxy) is 2. The molecule has 0 atom stereocenters. The molecule has 0 saturated carbocycles. The second kappa shape index (κ2) is 9.91. The average molecular weight is 411 g/mol. The predicted molar refractivity (Wildman–Crippen MR) is 115 cm³/mol. The number of rotatable bonds is 9. The molecule has 0 spiro atoms. The predicted octanol–water partition coefficient (Wildman–Crippen LogP) is 3.88. The number of carbonyl (C=O) groups excluding carboxylic acids is 1. The van der Waals surface area contributed by atoms with Gasteiger partial charge in [-0.1, -0.05) is 6.07 Å². The molecule has 0 bridgehead atoms. The molecule has 0 aliphatic rings. The van der Waals surface area contributed by atoms with Crippen LogP contribution in [0.2, 0.25) is 0 Å². The Hall–Kier alpha value is -3.35. The van der Waals surface area contributed by atoms with Gasteiger partial charge in [0, 0.05) is 26.1 Å². The molecule has 2 aromatic carbocycles. The van der Waals surface area contributed by atoms with Crippen LogP contribution in [0, 0.1) is 5.82 Å². The number of halogens is 1. The standard InChI is InChI=1S/C23H26FN3O3/c1-4-29-20-10-6-16(14-21(20)30-5-2)7-11-23(28)25-13-12-22-26-18-9-8-17(24)15-19(18)27(22)3/h6-11,14-15H,4-5,12-13H2,1-3H3,(H,25,28)/b11-7+. The molecule has 1 heterocycles. The molecule has 0 saturated heterocycles. The molecular weight excluding hydrogens is 385 g/mol. The van der Waals surface area contributed by atoms with E-state index in [1.165, 1.54) is 18.2 Å². The molecule has 158 valence electrons. The molecule has 0 aliphatic heterocycles. The molecule has 7 heteroatoms. The lowest BCUT2D eigenvalue weighted by molar-refractivity contribution is -0.116. The second-order valence-corrected chi connectivity index (χ2v) is 6.67. The summed E-state index contributed by atoms with van der Waals surface area (Å²) in [6, 6.07) is 10.1. The molecule has 1 amide bonds. The van der Waals surface area contributed by atoms with E-state index in [4.69, 9.17) is 9.47 Å². The largest absolute Gasteiger partial charge is 0.490 e. The number of hydrogen-bond acceptors (Lipinski definition) is 4. The normalized spacial score (nSPS) is 11.2. The molecule has 3 aromatic rings. The first kappa shape index (κ1) is 21.4. The fourth-order valence-electron chi connectivity index (χ4n) is 3.14. The maximum atomic E-state index is 13.4. The first-order valence-electron chi connectivity index (χ1n) is 9.98. The first-order valence-corrected chi connectivity index (χ1v) is 9.98. The molecule has 0 aliphatic carbocycles. The summed E-state index contributed by atoms with van der Waals surface area (Å²) < 4.78 is 26.4. The summed E-state index contributed by atoms with van der Waals surface area (Å²) in [7, 11) is 1.84. The van der Waals surface area contributed by atoms with Gasteiger partial charge in [0.1, 0.15) is 11.6 Å². The zero-order chi connectivity index (χ0) is 21.5. The van der Waals surface area contributed by atoms with Crippen LogP contribution in [0.5, 0.6) is 11.5 Å². The van der Waals surface area contributed by atoms with Crippen LogP contribution in [0.3, 0.4) is 0 Å². The van der Waals surface area contributed by atoms with Gasteiger partial charge < -0.3 is 19.4 Å². The van der Waals surface area contributed by atoms with Crippen molar-refractivity contribution in [2.24, 2.45) is 7.05 Å². The number of aromatic nitrogens is 2. The Balaban J connectivity index is 1.57. The van der Waals surface area contributed by atoms with Crippen LogP contribution in [-0.4, -0.2) is 35.2 Å². The van der Waals surface area contributed by atoms with E-state index in [0.29, 0.717) is 37.7 Å². The average Bonchev–Trinajstić information content (AvgIpc) is 3.04. The Bertz CT molecular complexity index is 1060. The fraction of sp³-hybridized carbons (Fsp3) is 0.304. The molecule has 30 heavy (non-hydrogen) atoms. The molecule has 0 unspecified atom stereocenters. The van der Waals surface area contributed by atoms with Crippen molar-refractivity contribution in [1.29, 1.82) is 0 Å². The summed E-state index contributed by atoms with van der Waals surface area (Å²) in [5.41, 5.74) is 2.31. The van der Waals surface area contributed by atoms with Crippen molar-refractivity contribution in [2.45, 2.75) is 20.3 Å². The SMILES string of the molecule is CCOc1ccc(/C=C/C(=O)NCCc2nc3ccc(F)cc3n2C)cc1OCC. The van der Waals surface area contributed by atoms with Gasteiger partial charge in [0.25, 0.3) is 0 Å². The third-order valence-corrected chi connectivity index (χ3v) is 4.58. The minimum atomic E-state index is -0.294. The van der Waals surface area contributed by atoms with Gasteiger partial charge in [0.2, 0.25) is 5.91 Å². The maximum Gasteiger partial charge on any atom is 0.244 e. The molecule has 1 N–H and O–H groups in total. The van der Waals surface area contributed by atoms with E-state index in [0.717, 1.165) is 22.4 Å². The number of benzene rings is 2. The van der Waals surface area contributed by atoms with Crippen molar-refractivity contribution >= 4 is 23.0 Å². The van der Waals surface area contributed by atoms with Crippen LogP contribution in [-0.2, 0) is 18.3 Å². The number of nitrogens with one attached hydrogen (secondary N) is 1. The van der Waals surface area contributed by atoms with Crippen LogP contribution < -0.4 is 14.8 Å².